The zero-order chi connectivity index (χ0) is 14.0. The number of carboxylic acids is 1. The molecular weight excluding hydrogens is 253 g/mol. The van der Waals surface area contributed by atoms with Crippen LogP contribution in [-0.2, 0) is 0 Å². The van der Waals surface area contributed by atoms with Crippen LogP contribution in [0, 0.1) is 15.9 Å². The van der Waals surface area contributed by atoms with Gasteiger partial charge in [-0.2, -0.15) is 0 Å². The Kier molecular flexibility index (Phi) is 3.24. The van der Waals surface area contributed by atoms with Crippen molar-refractivity contribution in [1.29, 1.82) is 0 Å². The Balaban J connectivity index is 2.48. The van der Waals surface area contributed by atoms with E-state index in [1.165, 1.54) is 24.3 Å². The fourth-order valence-electron chi connectivity index (χ4n) is 1.64. The van der Waals surface area contributed by atoms with E-state index in [4.69, 9.17) is 5.11 Å². The highest BCUT2D eigenvalue weighted by atomic mass is 19.1. The van der Waals surface area contributed by atoms with Gasteiger partial charge in [0.25, 0.3) is 5.69 Å². The lowest BCUT2D eigenvalue weighted by Gasteiger charge is -2.04. The summed E-state index contributed by atoms with van der Waals surface area (Å²) < 4.78 is 13.6. The molecule has 6 heteroatoms. The van der Waals surface area contributed by atoms with Gasteiger partial charge in [-0.3, -0.25) is 10.1 Å². The predicted molar refractivity (Wildman–Crippen MR) is 65.4 cm³/mol. The van der Waals surface area contributed by atoms with E-state index in [1.54, 1.807) is 0 Å². The highest BCUT2D eigenvalue weighted by Gasteiger charge is 2.12. The lowest BCUT2D eigenvalue weighted by Crippen LogP contribution is -1.96. The first-order valence-corrected chi connectivity index (χ1v) is 5.26. The minimum atomic E-state index is -1.09. The molecule has 5 nitrogen and oxygen atoms in total. The number of nitro benzene ring substituents is 1. The number of hydrogen-bond donors (Lipinski definition) is 1. The minimum Gasteiger partial charge on any atom is -0.478 e. The lowest BCUT2D eigenvalue weighted by atomic mass is 10.0. The van der Waals surface area contributed by atoms with Crippen LogP contribution in [0.2, 0.25) is 0 Å². The second-order valence-corrected chi connectivity index (χ2v) is 3.80. The third-order valence-electron chi connectivity index (χ3n) is 2.60. The predicted octanol–water partition coefficient (Wildman–Crippen LogP) is 3.10. The van der Waals surface area contributed by atoms with Gasteiger partial charge < -0.3 is 5.11 Å². The topological polar surface area (TPSA) is 80.4 Å². The van der Waals surface area contributed by atoms with E-state index in [1.807, 2.05) is 0 Å². The second-order valence-electron chi connectivity index (χ2n) is 3.80. The van der Waals surface area contributed by atoms with Gasteiger partial charge in [0, 0.05) is 17.7 Å². The van der Waals surface area contributed by atoms with Crippen molar-refractivity contribution < 1.29 is 19.2 Å². The van der Waals surface area contributed by atoms with Gasteiger partial charge in [-0.05, 0) is 23.8 Å². The minimum absolute atomic E-state index is 0.0612. The summed E-state index contributed by atoms with van der Waals surface area (Å²) in [5, 5.41) is 19.4. The van der Waals surface area contributed by atoms with Gasteiger partial charge in [0.1, 0.15) is 5.82 Å². The fraction of sp³-hybridized carbons (Fsp3) is 0. The Hall–Kier alpha value is -2.76. The molecule has 0 aliphatic carbocycles. The first kappa shape index (κ1) is 12.7. The summed E-state index contributed by atoms with van der Waals surface area (Å²) >= 11 is 0. The van der Waals surface area contributed by atoms with Crippen molar-refractivity contribution in [2.45, 2.75) is 0 Å². The maximum absolute atomic E-state index is 13.6. The summed E-state index contributed by atoms with van der Waals surface area (Å²) in [7, 11) is 0. The molecule has 0 aliphatic rings. The Morgan fingerprint density at radius 2 is 1.79 bits per heavy atom. The maximum atomic E-state index is 13.6. The number of carboxylic acid groups (broad SMARTS) is 1. The fourth-order valence-corrected chi connectivity index (χ4v) is 1.64. The molecule has 2 aromatic carbocycles. The number of carbonyl (C=O) groups is 1. The average Bonchev–Trinajstić information content (AvgIpc) is 2.39. The van der Waals surface area contributed by atoms with Crippen LogP contribution in [0.5, 0.6) is 0 Å². The van der Waals surface area contributed by atoms with Crippen LogP contribution >= 0.6 is 0 Å². The maximum Gasteiger partial charge on any atom is 0.335 e. The molecular formula is C13H8FNO4. The summed E-state index contributed by atoms with van der Waals surface area (Å²) in [4.78, 5) is 20.7. The molecule has 0 saturated carbocycles. The zero-order valence-electron chi connectivity index (χ0n) is 9.54. The molecule has 0 radical (unpaired) electrons. The Morgan fingerprint density at radius 3 is 2.32 bits per heavy atom. The molecule has 0 unspecified atom stereocenters. The largest absolute Gasteiger partial charge is 0.478 e. The van der Waals surface area contributed by atoms with Crippen molar-refractivity contribution in [3.63, 3.8) is 0 Å². The van der Waals surface area contributed by atoms with E-state index in [0.29, 0.717) is 5.56 Å². The molecule has 0 bridgehead atoms. The number of benzene rings is 2. The summed E-state index contributed by atoms with van der Waals surface area (Å²) in [5.74, 6) is -1.69. The molecule has 0 saturated heterocycles. The molecule has 2 rings (SSSR count). The van der Waals surface area contributed by atoms with Crippen molar-refractivity contribution in [3.05, 3.63) is 64.0 Å². The third kappa shape index (κ3) is 2.57. The number of rotatable bonds is 3. The van der Waals surface area contributed by atoms with Crippen molar-refractivity contribution in [2.24, 2.45) is 0 Å². The summed E-state index contributed by atoms with van der Waals surface area (Å²) in [5.41, 5.74) is 0.283. The van der Waals surface area contributed by atoms with E-state index in [0.717, 1.165) is 18.2 Å². The SMILES string of the molecule is O=C(O)c1ccc(-c2cc([N+](=O)[O-])ccc2F)cc1. The van der Waals surface area contributed by atoms with Crippen LogP contribution in [0.15, 0.2) is 42.5 Å². The highest BCUT2D eigenvalue weighted by molar-refractivity contribution is 5.88. The van der Waals surface area contributed by atoms with Crippen LogP contribution in [0.25, 0.3) is 11.1 Å². The molecule has 19 heavy (non-hydrogen) atoms. The number of hydrogen-bond acceptors (Lipinski definition) is 3. The monoisotopic (exact) mass is 261 g/mol. The molecule has 2 aromatic rings. The molecule has 0 atom stereocenters. The van der Waals surface area contributed by atoms with Gasteiger partial charge in [0.2, 0.25) is 0 Å². The van der Waals surface area contributed by atoms with Gasteiger partial charge in [-0.25, -0.2) is 9.18 Å². The number of aromatic carboxylic acids is 1. The van der Waals surface area contributed by atoms with Crippen LogP contribution in [-0.4, -0.2) is 16.0 Å². The van der Waals surface area contributed by atoms with Crippen LogP contribution in [0.4, 0.5) is 10.1 Å². The van der Waals surface area contributed by atoms with Gasteiger partial charge in [-0.1, -0.05) is 12.1 Å². The van der Waals surface area contributed by atoms with E-state index in [-0.39, 0.29) is 16.8 Å². The average molecular weight is 261 g/mol. The smallest absolute Gasteiger partial charge is 0.335 e. The Bertz CT molecular complexity index is 652. The van der Waals surface area contributed by atoms with Crippen molar-refractivity contribution in [3.8, 4) is 11.1 Å². The van der Waals surface area contributed by atoms with E-state index < -0.39 is 16.7 Å². The first-order chi connectivity index (χ1) is 8.99. The van der Waals surface area contributed by atoms with Gasteiger partial charge >= 0.3 is 5.97 Å². The van der Waals surface area contributed by atoms with Crippen LogP contribution < -0.4 is 0 Å². The molecule has 0 heterocycles. The molecule has 0 amide bonds. The van der Waals surface area contributed by atoms with E-state index in [2.05, 4.69) is 0 Å². The van der Waals surface area contributed by atoms with Crippen molar-refractivity contribution in [1.82, 2.24) is 0 Å². The highest BCUT2D eigenvalue weighted by Crippen LogP contribution is 2.27. The van der Waals surface area contributed by atoms with E-state index >= 15 is 0 Å². The summed E-state index contributed by atoms with van der Waals surface area (Å²) in [6.45, 7) is 0. The third-order valence-corrected chi connectivity index (χ3v) is 2.60. The Morgan fingerprint density at radius 1 is 1.16 bits per heavy atom. The quantitative estimate of drug-likeness (QED) is 0.680. The Labute approximate surface area is 107 Å². The number of nitro groups is 1. The lowest BCUT2D eigenvalue weighted by molar-refractivity contribution is -0.384. The normalized spacial score (nSPS) is 10.2. The van der Waals surface area contributed by atoms with Crippen molar-refractivity contribution >= 4 is 11.7 Å². The number of halogens is 1. The summed E-state index contributed by atoms with van der Waals surface area (Å²) in [6.07, 6.45) is 0. The zero-order valence-corrected chi connectivity index (χ0v) is 9.54. The van der Waals surface area contributed by atoms with Gasteiger partial charge in [0.15, 0.2) is 0 Å². The standard InChI is InChI=1S/C13H8FNO4/c14-12-6-5-10(15(18)19)7-11(12)8-1-3-9(4-2-8)13(16)17/h1-7H,(H,16,17). The number of nitrogens with zero attached hydrogens (tertiary/aromatic N) is 1. The van der Waals surface area contributed by atoms with Gasteiger partial charge in [0.05, 0.1) is 10.5 Å². The van der Waals surface area contributed by atoms with Crippen LogP contribution in [0.1, 0.15) is 10.4 Å². The van der Waals surface area contributed by atoms with E-state index in [9.17, 15) is 19.3 Å². The second kappa shape index (κ2) is 4.85. The molecule has 1 N–H and O–H groups in total. The summed E-state index contributed by atoms with van der Waals surface area (Å²) in [6, 6.07) is 8.65. The molecule has 0 aromatic heterocycles. The first-order valence-electron chi connectivity index (χ1n) is 5.26. The molecule has 96 valence electrons. The number of non-ortho nitro benzene ring substituents is 1. The molecule has 0 aliphatic heterocycles. The van der Waals surface area contributed by atoms with Crippen molar-refractivity contribution in [2.75, 3.05) is 0 Å². The molecule has 0 spiro atoms. The molecule has 0 fully saturated rings. The van der Waals surface area contributed by atoms with Crippen LogP contribution in [0.3, 0.4) is 0 Å². The van der Waals surface area contributed by atoms with Gasteiger partial charge in [-0.15, -0.1) is 0 Å².